The molecule has 3 N–H and O–H groups in total. The fourth-order valence-corrected chi connectivity index (χ4v) is 1.73. The van der Waals surface area contributed by atoms with Crippen LogP contribution >= 0.6 is 0 Å². The van der Waals surface area contributed by atoms with Gasteiger partial charge in [0.2, 0.25) is 11.8 Å². The van der Waals surface area contributed by atoms with E-state index in [9.17, 15) is 9.59 Å². The number of carbonyl (C=O) groups is 2. The smallest absolute Gasteiger partial charge is 0.240 e. The molecule has 0 bridgehead atoms. The van der Waals surface area contributed by atoms with Gasteiger partial charge in [0.25, 0.3) is 0 Å². The Morgan fingerprint density at radius 3 is 2.45 bits per heavy atom. The van der Waals surface area contributed by atoms with Gasteiger partial charge in [-0.2, -0.15) is 0 Å². The Kier molecular flexibility index (Phi) is 6.73. The van der Waals surface area contributed by atoms with Crippen LogP contribution in [0, 0.1) is 0 Å². The molecule has 0 unspecified atom stereocenters. The van der Waals surface area contributed by atoms with Crippen molar-refractivity contribution in [3.63, 3.8) is 0 Å². The molecule has 0 radical (unpaired) electrons. The highest BCUT2D eigenvalue weighted by Crippen LogP contribution is 2.03. The monoisotopic (exact) mass is 278 g/mol. The van der Waals surface area contributed by atoms with Crippen molar-refractivity contribution in [2.24, 2.45) is 5.73 Å². The molecule has 1 atom stereocenters. The van der Waals surface area contributed by atoms with Crippen LogP contribution in [0.4, 0.5) is 0 Å². The number of amides is 2. The molecule has 2 amide bonds. The van der Waals surface area contributed by atoms with E-state index in [1.165, 1.54) is 0 Å². The molecule has 0 fully saturated rings. The van der Waals surface area contributed by atoms with E-state index < -0.39 is 11.9 Å². The third-order valence-electron chi connectivity index (χ3n) is 2.74. The van der Waals surface area contributed by atoms with E-state index in [4.69, 9.17) is 10.5 Å². The number of nitrogens with one attached hydrogen (secondary N) is 1. The van der Waals surface area contributed by atoms with Gasteiger partial charge in [0, 0.05) is 12.8 Å². The number of benzene rings is 1. The normalized spacial score (nSPS) is 12.2. The molecule has 0 aromatic heterocycles. The minimum absolute atomic E-state index is 0.0825. The van der Waals surface area contributed by atoms with Crippen molar-refractivity contribution >= 4 is 11.8 Å². The van der Waals surface area contributed by atoms with Gasteiger partial charge in [0.05, 0.1) is 12.7 Å². The van der Waals surface area contributed by atoms with E-state index in [-0.39, 0.29) is 18.4 Å². The lowest BCUT2D eigenvalue weighted by Gasteiger charge is -2.16. The van der Waals surface area contributed by atoms with Crippen molar-refractivity contribution in [3.8, 4) is 0 Å². The van der Waals surface area contributed by atoms with Gasteiger partial charge in [-0.15, -0.1) is 0 Å². The molecule has 0 aliphatic rings. The van der Waals surface area contributed by atoms with Crippen molar-refractivity contribution in [2.45, 2.75) is 38.8 Å². The quantitative estimate of drug-likeness (QED) is 0.744. The Morgan fingerprint density at radius 2 is 1.90 bits per heavy atom. The molecule has 0 spiro atoms. The lowest BCUT2D eigenvalue weighted by atomic mass is 10.1. The number of ether oxygens (including phenoxy) is 1. The van der Waals surface area contributed by atoms with Gasteiger partial charge in [0.1, 0.15) is 6.04 Å². The zero-order valence-corrected chi connectivity index (χ0v) is 12.0. The molecule has 1 rings (SSSR count). The van der Waals surface area contributed by atoms with Crippen molar-refractivity contribution in [1.82, 2.24) is 5.32 Å². The Morgan fingerprint density at radius 1 is 1.25 bits per heavy atom. The lowest BCUT2D eigenvalue weighted by Crippen LogP contribution is -2.46. The fraction of sp³-hybridized carbons (Fsp3) is 0.467. The first-order chi connectivity index (χ1) is 9.49. The Balaban J connectivity index is 2.47. The molecule has 0 saturated heterocycles. The highest BCUT2D eigenvalue weighted by Gasteiger charge is 2.18. The lowest BCUT2D eigenvalue weighted by molar-refractivity contribution is -0.128. The third kappa shape index (κ3) is 6.33. The van der Waals surface area contributed by atoms with Crippen LogP contribution in [0.3, 0.4) is 0 Å². The average Bonchev–Trinajstić information content (AvgIpc) is 2.38. The maximum atomic E-state index is 11.7. The molecule has 1 aromatic rings. The van der Waals surface area contributed by atoms with Gasteiger partial charge in [-0.1, -0.05) is 30.3 Å². The van der Waals surface area contributed by atoms with E-state index in [2.05, 4.69) is 5.32 Å². The number of hydrogen-bond acceptors (Lipinski definition) is 3. The predicted molar refractivity (Wildman–Crippen MR) is 77.0 cm³/mol. The van der Waals surface area contributed by atoms with Crippen LogP contribution in [0.1, 0.15) is 25.8 Å². The maximum Gasteiger partial charge on any atom is 0.240 e. The number of carbonyl (C=O) groups excluding carboxylic acids is 2. The standard InChI is InChI=1S/C15H22N2O3/c1-11(2)20-9-8-14(18)17-13(15(16)19)10-12-6-4-3-5-7-12/h3-7,11,13H,8-10H2,1-2H3,(H2,16,19)(H,17,18)/t13-/m0/s1. The van der Waals surface area contributed by atoms with Crippen LogP contribution in [-0.4, -0.2) is 30.6 Å². The first-order valence-electron chi connectivity index (χ1n) is 6.73. The van der Waals surface area contributed by atoms with Gasteiger partial charge in [-0.05, 0) is 19.4 Å². The van der Waals surface area contributed by atoms with Crippen LogP contribution in [0.2, 0.25) is 0 Å². The second kappa shape index (κ2) is 8.32. The molecule has 0 aliphatic carbocycles. The van der Waals surface area contributed by atoms with E-state index in [0.717, 1.165) is 5.56 Å². The zero-order valence-electron chi connectivity index (χ0n) is 12.0. The number of primary amides is 1. The van der Waals surface area contributed by atoms with Gasteiger partial charge < -0.3 is 15.8 Å². The molecule has 110 valence electrons. The van der Waals surface area contributed by atoms with Crippen molar-refractivity contribution in [3.05, 3.63) is 35.9 Å². The minimum atomic E-state index is -0.691. The third-order valence-corrected chi connectivity index (χ3v) is 2.74. The van der Waals surface area contributed by atoms with Crippen LogP contribution in [-0.2, 0) is 20.7 Å². The van der Waals surface area contributed by atoms with E-state index >= 15 is 0 Å². The summed E-state index contributed by atoms with van der Waals surface area (Å²) >= 11 is 0. The summed E-state index contributed by atoms with van der Waals surface area (Å²) in [4.78, 5) is 23.1. The topological polar surface area (TPSA) is 81.4 Å². The first-order valence-corrected chi connectivity index (χ1v) is 6.73. The Bertz CT molecular complexity index is 432. The van der Waals surface area contributed by atoms with Crippen molar-refractivity contribution < 1.29 is 14.3 Å². The molecule has 0 heterocycles. The molecular weight excluding hydrogens is 256 g/mol. The summed E-state index contributed by atoms with van der Waals surface area (Å²) < 4.78 is 5.30. The molecule has 5 nitrogen and oxygen atoms in total. The Hall–Kier alpha value is -1.88. The second-order valence-corrected chi connectivity index (χ2v) is 4.88. The molecule has 5 heteroatoms. The van der Waals surface area contributed by atoms with Gasteiger partial charge in [-0.25, -0.2) is 0 Å². The largest absolute Gasteiger partial charge is 0.378 e. The summed E-state index contributed by atoms with van der Waals surface area (Å²) in [5, 5.41) is 2.65. The number of hydrogen-bond donors (Lipinski definition) is 2. The van der Waals surface area contributed by atoms with Crippen LogP contribution in [0.15, 0.2) is 30.3 Å². The number of nitrogens with two attached hydrogens (primary N) is 1. The summed E-state index contributed by atoms with van der Waals surface area (Å²) in [6.07, 6.45) is 0.697. The van der Waals surface area contributed by atoms with E-state index in [1.54, 1.807) is 0 Å². The maximum absolute atomic E-state index is 11.7. The first kappa shape index (κ1) is 16.2. The molecular formula is C15H22N2O3. The second-order valence-electron chi connectivity index (χ2n) is 4.88. The highest BCUT2D eigenvalue weighted by atomic mass is 16.5. The summed E-state index contributed by atoms with van der Waals surface area (Å²) in [5.74, 6) is -0.766. The van der Waals surface area contributed by atoms with Gasteiger partial charge in [0.15, 0.2) is 0 Å². The number of rotatable bonds is 8. The van der Waals surface area contributed by atoms with Gasteiger partial charge in [-0.3, -0.25) is 9.59 Å². The van der Waals surface area contributed by atoms with Crippen LogP contribution in [0.5, 0.6) is 0 Å². The zero-order chi connectivity index (χ0) is 15.0. The molecule has 20 heavy (non-hydrogen) atoms. The van der Waals surface area contributed by atoms with Crippen LogP contribution < -0.4 is 11.1 Å². The Labute approximate surface area is 119 Å². The molecule has 0 saturated carbocycles. The van der Waals surface area contributed by atoms with E-state index in [1.807, 2.05) is 44.2 Å². The molecule has 1 aromatic carbocycles. The van der Waals surface area contributed by atoms with Crippen LogP contribution in [0.25, 0.3) is 0 Å². The van der Waals surface area contributed by atoms with Crippen molar-refractivity contribution in [1.29, 1.82) is 0 Å². The van der Waals surface area contributed by atoms with Crippen molar-refractivity contribution in [2.75, 3.05) is 6.61 Å². The molecule has 0 aliphatic heterocycles. The summed E-state index contributed by atoms with van der Waals surface area (Å²) in [6.45, 7) is 4.14. The summed E-state index contributed by atoms with van der Waals surface area (Å²) in [5.41, 5.74) is 6.28. The summed E-state index contributed by atoms with van der Waals surface area (Å²) in [6, 6.07) is 8.75. The SMILES string of the molecule is CC(C)OCCC(=O)N[C@@H](Cc1ccccc1)C(N)=O. The fourth-order valence-electron chi connectivity index (χ4n) is 1.73. The predicted octanol–water partition coefficient (Wildman–Crippen LogP) is 1.01. The minimum Gasteiger partial charge on any atom is -0.378 e. The highest BCUT2D eigenvalue weighted by molar-refractivity contribution is 5.86. The average molecular weight is 278 g/mol. The van der Waals surface area contributed by atoms with Gasteiger partial charge >= 0.3 is 0 Å². The summed E-state index contributed by atoms with van der Waals surface area (Å²) in [7, 11) is 0. The van der Waals surface area contributed by atoms with E-state index in [0.29, 0.717) is 13.0 Å².